The van der Waals surface area contributed by atoms with Gasteiger partial charge in [0, 0.05) is 18.2 Å². The average molecular weight is 493 g/mol. The molecule has 3 amide bonds. The molecule has 5 atom stereocenters. The van der Waals surface area contributed by atoms with Crippen LogP contribution in [0.15, 0.2) is 36.4 Å². The van der Waals surface area contributed by atoms with Crippen LogP contribution in [0.25, 0.3) is 10.8 Å². The molecule has 7 nitrogen and oxygen atoms in total. The van der Waals surface area contributed by atoms with Crippen molar-refractivity contribution in [3.8, 4) is 0 Å². The Labute approximate surface area is 214 Å². The first kappa shape index (κ1) is 26.1. The summed E-state index contributed by atoms with van der Waals surface area (Å²) in [7, 11) is 1.73. The summed E-state index contributed by atoms with van der Waals surface area (Å²) in [5.41, 5.74) is 1.35. The van der Waals surface area contributed by atoms with Crippen molar-refractivity contribution in [3.05, 3.63) is 47.5 Å². The van der Waals surface area contributed by atoms with Gasteiger partial charge in [0.15, 0.2) is 0 Å². The number of likely N-dealkylation sites (tertiary alicyclic amines) is 1. The number of hydrogen-bond acceptors (Lipinski definition) is 4. The van der Waals surface area contributed by atoms with Gasteiger partial charge < -0.3 is 20.9 Å². The van der Waals surface area contributed by atoms with Crippen LogP contribution in [0, 0.1) is 18.3 Å². The average Bonchev–Trinajstić information content (AvgIpc) is 3.44. The maximum absolute atomic E-state index is 13.9. The van der Waals surface area contributed by atoms with Gasteiger partial charge in [-0.1, -0.05) is 51.1 Å². The first-order valence-corrected chi connectivity index (χ1v) is 13.1. The van der Waals surface area contributed by atoms with E-state index in [0.29, 0.717) is 18.0 Å². The van der Waals surface area contributed by atoms with Crippen LogP contribution >= 0.6 is 0 Å². The number of amides is 3. The molecular formula is C29H40N4O3. The maximum Gasteiger partial charge on any atom is 0.252 e. The number of hydrogen-bond donors (Lipinski definition) is 3. The monoisotopic (exact) mass is 492 g/mol. The molecule has 7 heteroatoms. The molecule has 1 saturated heterocycles. The summed E-state index contributed by atoms with van der Waals surface area (Å²) in [5, 5.41) is 11.2. The van der Waals surface area contributed by atoms with Crippen LogP contribution in [0.1, 0.15) is 62.9 Å². The lowest BCUT2D eigenvalue weighted by Crippen LogP contribution is -2.60. The zero-order chi connectivity index (χ0) is 26.2. The smallest absolute Gasteiger partial charge is 0.252 e. The van der Waals surface area contributed by atoms with Gasteiger partial charge in [0.25, 0.3) is 5.91 Å². The molecule has 2 aromatic rings. The lowest BCUT2D eigenvalue weighted by atomic mass is 9.85. The van der Waals surface area contributed by atoms with Gasteiger partial charge in [-0.25, -0.2) is 0 Å². The van der Waals surface area contributed by atoms with Gasteiger partial charge >= 0.3 is 0 Å². The summed E-state index contributed by atoms with van der Waals surface area (Å²) in [6.45, 7) is 10.4. The van der Waals surface area contributed by atoms with Crippen LogP contribution in [0.2, 0.25) is 0 Å². The van der Waals surface area contributed by atoms with E-state index in [0.717, 1.165) is 35.6 Å². The first-order chi connectivity index (χ1) is 17.0. The molecule has 2 fully saturated rings. The largest absolute Gasteiger partial charge is 0.347 e. The number of benzene rings is 2. The summed E-state index contributed by atoms with van der Waals surface area (Å²) in [6, 6.07) is 10.7. The van der Waals surface area contributed by atoms with Crippen LogP contribution < -0.4 is 16.0 Å². The molecule has 3 N–H and O–H groups in total. The highest BCUT2D eigenvalue weighted by Gasteiger charge is 2.49. The Morgan fingerprint density at radius 2 is 1.69 bits per heavy atom. The van der Waals surface area contributed by atoms with Gasteiger partial charge in [0.1, 0.15) is 6.04 Å². The Balaban J connectivity index is 1.55. The van der Waals surface area contributed by atoms with E-state index < -0.39 is 17.5 Å². The fourth-order valence-electron chi connectivity index (χ4n) is 5.83. The van der Waals surface area contributed by atoms with Crippen molar-refractivity contribution in [1.29, 1.82) is 0 Å². The minimum atomic E-state index is -0.641. The van der Waals surface area contributed by atoms with E-state index in [4.69, 9.17) is 0 Å². The highest BCUT2D eigenvalue weighted by molar-refractivity contribution is 6.08. The molecule has 4 rings (SSSR count). The third-order valence-electron chi connectivity index (χ3n) is 8.06. The summed E-state index contributed by atoms with van der Waals surface area (Å²) >= 11 is 0. The number of likely N-dealkylation sites (N-methyl/N-ethyl adjacent to an activating group) is 1. The Kier molecular flexibility index (Phi) is 7.41. The Bertz CT molecular complexity index is 1150. The number of nitrogens with one attached hydrogen (secondary N) is 3. The van der Waals surface area contributed by atoms with Gasteiger partial charge in [0.05, 0.1) is 12.1 Å². The second kappa shape index (κ2) is 10.2. The predicted octanol–water partition coefficient (Wildman–Crippen LogP) is 3.40. The second-order valence-corrected chi connectivity index (χ2v) is 11.5. The first-order valence-electron chi connectivity index (χ1n) is 13.1. The van der Waals surface area contributed by atoms with E-state index in [9.17, 15) is 14.4 Å². The zero-order valence-corrected chi connectivity index (χ0v) is 22.4. The van der Waals surface area contributed by atoms with Crippen LogP contribution in [0.3, 0.4) is 0 Å². The number of carbonyl (C=O) groups is 3. The normalized spacial score (nSPS) is 23.3. The van der Waals surface area contributed by atoms with Crippen LogP contribution in [-0.4, -0.2) is 60.4 Å². The van der Waals surface area contributed by atoms with E-state index in [1.54, 1.807) is 14.0 Å². The van der Waals surface area contributed by atoms with Crippen LogP contribution in [-0.2, 0) is 9.59 Å². The standard InChI is InChI=1S/C29H40N4O3/c1-17-11-13-22(21-10-8-7-9-20(17)21)27(35)31-23-14-12-19-15-16-33(24(19)23)28(36)25(29(3,4)5)32-26(34)18(2)30-6/h7-11,13,18-19,23-25,30H,12,14-16H2,1-6H3,(H,31,35)(H,32,34)/t18-,19?,23?,24-,25?/m0/s1. The van der Waals surface area contributed by atoms with Gasteiger partial charge in [0.2, 0.25) is 11.8 Å². The number of nitrogens with zero attached hydrogens (tertiary/aromatic N) is 1. The van der Waals surface area contributed by atoms with E-state index in [1.807, 2.05) is 62.1 Å². The van der Waals surface area contributed by atoms with Crippen molar-refractivity contribution < 1.29 is 14.4 Å². The molecule has 0 radical (unpaired) electrons. The summed E-state index contributed by atoms with van der Waals surface area (Å²) < 4.78 is 0. The molecule has 1 heterocycles. The molecule has 2 aromatic carbocycles. The minimum absolute atomic E-state index is 0.0540. The van der Waals surface area contributed by atoms with Crippen molar-refractivity contribution in [3.63, 3.8) is 0 Å². The Morgan fingerprint density at radius 3 is 2.36 bits per heavy atom. The molecular weight excluding hydrogens is 452 g/mol. The van der Waals surface area contributed by atoms with Crippen LogP contribution in [0.5, 0.6) is 0 Å². The van der Waals surface area contributed by atoms with E-state index in [1.165, 1.54) is 0 Å². The topological polar surface area (TPSA) is 90.5 Å². The predicted molar refractivity (Wildman–Crippen MR) is 143 cm³/mol. The Hall–Kier alpha value is -2.93. The molecule has 36 heavy (non-hydrogen) atoms. The fraction of sp³-hybridized carbons (Fsp3) is 0.552. The summed E-state index contributed by atoms with van der Waals surface area (Å²) in [5.74, 6) is 0.0128. The molecule has 0 spiro atoms. The van der Waals surface area contributed by atoms with Crippen molar-refractivity contribution >= 4 is 28.5 Å². The zero-order valence-electron chi connectivity index (χ0n) is 22.4. The van der Waals surface area contributed by atoms with Gasteiger partial charge in [-0.05, 0) is 73.9 Å². The number of rotatable bonds is 6. The number of aryl methyl sites for hydroxylation is 1. The van der Waals surface area contributed by atoms with Gasteiger partial charge in [-0.3, -0.25) is 14.4 Å². The molecule has 1 aliphatic heterocycles. The van der Waals surface area contributed by atoms with Crippen molar-refractivity contribution in [2.75, 3.05) is 13.6 Å². The van der Waals surface area contributed by atoms with E-state index in [-0.39, 0.29) is 29.8 Å². The molecule has 1 saturated carbocycles. The fourth-order valence-corrected chi connectivity index (χ4v) is 5.83. The Morgan fingerprint density at radius 1 is 1.00 bits per heavy atom. The molecule has 0 bridgehead atoms. The van der Waals surface area contributed by atoms with Crippen molar-refractivity contribution in [2.24, 2.45) is 11.3 Å². The second-order valence-electron chi connectivity index (χ2n) is 11.5. The number of carbonyl (C=O) groups excluding carboxylic acids is 3. The van der Waals surface area contributed by atoms with E-state index in [2.05, 4.69) is 22.9 Å². The lowest BCUT2D eigenvalue weighted by molar-refractivity contribution is -0.141. The summed E-state index contributed by atoms with van der Waals surface area (Å²) in [6.07, 6.45) is 2.75. The molecule has 2 aliphatic rings. The third-order valence-corrected chi connectivity index (χ3v) is 8.06. The van der Waals surface area contributed by atoms with E-state index >= 15 is 0 Å². The number of fused-ring (bicyclic) bond motifs is 2. The van der Waals surface area contributed by atoms with Crippen molar-refractivity contribution in [2.45, 2.75) is 78.0 Å². The SMILES string of the molecule is CN[C@@H](C)C(=O)NC(C(=O)N1CCC2CCC(NC(=O)c3ccc(C)c4ccccc34)[C@H]21)C(C)(C)C. The highest BCUT2D eigenvalue weighted by atomic mass is 16.2. The van der Waals surface area contributed by atoms with Gasteiger partial charge in [-0.2, -0.15) is 0 Å². The molecule has 3 unspecified atom stereocenters. The summed E-state index contributed by atoms with van der Waals surface area (Å²) in [4.78, 5) is 41.9. The lowest BCUT2D eigenvalue weighted by Gasteiger charge is -2.38. The van der Waals surface area contributed by atoms with Crippen LogP contribution in [0.4, 0.5) is 0 Å². The quantitative estimate of drug-likeness (QED) is 0.577. The highest BCUT2D eigenvalue weighted by Crippen LogP contribution is 2.39. The molecule has 194 valence electrons. The third kappa shape index (κ3) is 4.99. The maximum atomic E-state index is 13.9. The molecule has 0 aromatic heterocycles. The van der Waals surface area contributed by atoms with Crippen molar-refractivity contribution in [1.82, 2.24) is 20.9 Å². The molecule has 1 aliphatic carbocycles. The van der Waals surface area contributed by atoms with Gasteiger partial charge in [-0.15, -0.1) is 0 Å². The minimum Gasteiger partial charge on any atom is -0.347 e.